The third-order valence-electron chi connectivity index (χ3n) is 1.28. The molecule has 0 atom stereocenters. The molecule has 0 radical (unpaired) electrons. The van der Waals surface area contributed by atoms with Crippen LogP contribution in [0.4, 0.5) is 0 Å². The van der Waals surface area contributed by atoms with E-state index < -0.39 is 7.75 Å². The van der Waals surface area contributed by atoms with Gasteiger partial charge < -0.3 is 9.79 Å². The molecule has 0 aliphatic rings. The first kappa shape index (κ1) is 11.1. The summed E-state index contributed by atoms with van der Waals surface area (Å²) in [4.78, 5) is 16.8. The van der Waals surface area contributed by atoms with Crippen molar-refractivity contribution < 1.29 is 14.4 Å². The first-order chi connectivity index (χ1) is 4.92. The Morgan fingerprint density at radius 1 is 1.45 bits per heavy atom. The number of rotatable bonds is 5. The molecule has 0 rings (SSSR count). The van der Waals surface area contributed by atoms with Gasteiger partial charge in [-0.3, -0.25) is 0 Å². The minimum Gasteiger partial charge on any atom is -0.313 e. The molecule has 0 aromatic heterocycles. The molecular weight excluding hydrogens is 165 g/mol. The van der Waals surface area contributed by atoms with E-state index in [0.29, 0.717) is 12.5 Å². The van der Waals surface area contributed by atoms with Crippen LogP contribution in [0.5, 0.6) is 0 Å². The molecule has 0 saturated heterocycles. The Bertz CT molecular complexity index is 143. The van der Waals surface area contributed by atoms with E-state index in [4.69, 9.17) is 9.79 Å². The Morgan fingerprint density at radius 3 is 2.36 bits per heavy atom. The van der Waals surface area contributed by atoms with Crippen molar-refractivity contribution in [2.45, 2.75) is 26.7 Å². The summed E-state index contributed by atoms with van der Waals surface area (Å²) in [5.74, 6) is 0.591. The average Bonchev–Trinajstić information content (AvgIpc) is 1.78. The normalized spacial score (nSPS) is 12.5. The molecule has 0 aromatic rings. The highest BCUT2D eigenvalue weighted by atomic mass is 31.2. The van der Waals surface area contributed by atoms with Crippen LogP contribution in [0.2, 0.25) is 0 Å². The molecule has 0 spiro atoms. The first-order valence-corrected chi connectivity index (χ1v) is 5.34. The zero-order chi connectivity index (χ0) is 8.91. The second-order valence-corrected chi connectivity index (χ2v) is 4.39. The number of hydrogen-bond donors (Lipinski definition) is 3. The fraction of sp³-hybridized carbons (Fsp3) is 1.00. The lowest BCUT2D eigenvalue weighted by Gasteiger charge is -2.06. The molecule has 11 heavy (non-hydrogen) atoms. The van der Waals surface area contributed by atoms with Crippen molar-refractivity contribution >= 4 is 7.75 Å². The van der Waals surface area contributed by atoms with E-state index in [9.17, 15) is 4.57 Å². The molecular formula is C6H16NO3P. The second kappa shape index (κ2) is 4.88. The van der Waals surface area contributed by atoms with Crippen molar-refractivity contribution in [1.82, 2.24) is 5.09 Å². The van der Waals surface area contributed by atoms with E-state index >= 15 is 0 Å². The first-order valence-electron chi connectivity index (χ1n) is 3.72. The Kier molecular flexibility index (Phi) is 4.93. The summed E-state index contributed by atoms with van der Waals surface area (Å²) < 4.78 is 10.3. The lowest BCUT2D eigenvalue weighted by Crippen LogP contribution is -2.11. The molecule has 5 heteroatoms. The van der Waals surface area contributed by atoms with Gasteiger partial charge in [-0.1, -0.05) is 13.8 Å². The van der Waals surface area contributed by atoms with Gasteiger partial charge in [-0.25, -0.2) is 9.65 Å². The summed E-state index contributed by atoms with van der Waals surface area (Å²) in [7, 11) is -3.98. The summed E-state index contributed by atoms with van der Waals surface area (Å²) in [5, 5.41) is 2.14. The predicted octanol–water partition coefficient (Wildman–Crippen LogP) is 1.10. The Labute approximate surface area is 67.2 Å². The van der Waals surface area contributed by atoms with Gasteiger partial charge in [-0.05, 0) is 18.8 Å². The minimum atomic E-state index is -3.98. The van der Waals surface area contributed by atoms with Crippen LogP contribution in [0.25, 0.3) is 0 Å². The molecule has 4 nitrogen and oxygen atoms in total. The maximum Gasteiger partial charge on any atom is 0.400 e. The van der Waals surface area contributed by atoms with Gasteiger partial charge in [0.05, 0.1) is 0 Å². The maximum absolute atomic E-state index is 10.3. The molecule has 0 bridgehead atoms. The quantitative estimate of drug-likeness (QED) is 0.439. The molecule has 0 aliphatic carbocycles. The SMILES string of the molecule is CC(C)CCCNP(=O)(O)O. The highest BCUT2D eigenvalue weighted by Gasteiger charge is 2.09. The van der Waals surface area contributed by atoms with Crippen LogP contribution in [0.3, 0.4) is 0 Å². The van der Waals surface area contributed by atoms with Crippen LogP contribution in [-0.4, -0.2) is 16.3 Å². The van der Waals surface area contributed by atoms with Gasteiger partial charge in [0.1, 0.15) is 0 Å². The summed E-state index contributed by atoms with van der Waals surface area (Å²) in [5.41, 5.74) is 0. The predicted molar refractivity (Wildman–Crippen MR) is 44.1 cm³/mol. The fourth-order valence-electron chi connectivity index (χ4n) is 0.735. The van der Waals surface area contributed by atoms with Crippen molar-refractivity contribution in [3.8, 4) is 0 Å². The summed E-state index contributed by atoms with van der Waals surface area (Å²) >= 11 is 0. The summed E-state index contributed by atoms with van der Waals surface area (Å²) in [6.45, 7) is 4.55. The van der Waals surface area contributed by atoms with Crippen LogP contribution in [-0.2, 0) is 4.57 Å². The van der Waals surface area contributed by atoms with Gasteiger partial charge in [-0.2, -0.15) is 0 Å². The zero-order valence-corrected chi connectivity index (χ0v) is 7.84. The molecule has 3 N–H and O–H groups in total. The monoisotopic (exact) mass is 181 g/mol. The topological polar surface area (TPSA) is 69.6 Å². The zero-order valence-electron chi connectivity index (χ0n) is 6.95. The third kappa shape index (κ3) is 10.1. The smallest absolute Gasteiger partial charge is 0.313 e. The largest absolute Gasteiger partial charge is 0.400 e. The van der Waals surface area contributed by atoms with Crippen molar-refractivity contribution in [2.75, 3.05) is 6.54 Å². The van der Waals surface area contributed by atoms with E-state index in [1.807, 2.05) is 0 Å². The lowest BCUT2D eigenvalue weighted by atomic mass is 10.1. The highest BCUT2D eigenvalue weighted by Crippen LogP contribution is 2.27. The third-order valence-corrected chi connectivity index (χ3v) is 1.91. The molecule has 0 amide bonds. The van der Waals surface area contributed by atoms with Crippen molar-refractivity contribution in [3.63, 3.8) is 0 Å². The molecule has 0 saturated carbocycles. The van der Waals surface area contributed by atoms with Gasteiger partial charge >= 0.3 is 7.75 Å². The Morgan fingerprint density at radius 2 is 2.00 bits per heavy atom. The van der Waals surface area contributed by atoms with Crippen LogP contribution < -0.4 is 5.09 Å². The van der Waals surface area contributed by atoms with E-state index in [1.165, 1.54) is 0 Å². The minimum absolute atomic E-state index is 0.391. The number of hydrogen-bond acceptors (Lipinski definition) is 1. The lowest BCUT2D eigenvalue weighted by molar-refractivity contribution is 0.355. The van der Waals surface area contributed by atoms with Crippen LogP contribution in [0.15, 0.2) is 0 Å². The second-order valence-electron chi connectivity index (χ2n) is 2.99. The summed E-state index contributed by atoms with van der Waals surface area (Å²) in [6.07, 6.45) is 1.80. The van der Waals surface area contributed by atoms with Crippen molar-refractivity contribution in [2.24, 2.45) is 5.92 Å². The van der Waals surface area contributed by atoms with E-state index in [-0.39, 0.29) is 0 Å². The van der Waals surface area contributed by atoms with E-state index in [0.717, 1.165) is 12.8 Å². The van der Waals surface area contributed by atoms with Gasteiger partial charge in [0.25, 0.3) is 0 Å². The van der Waals surface area contributed by atoms with Crippen molar-refractivity contribution in [1.29, 1.82) is 0 Å². The molecule has 0 fully saturated rings. The fourth-order valence-corrected chi connectivity index (χ4v) is 1.18. The van der Waals surface area contributed by atoms with Crippen molar-refractivity contribution in [3.05, 3.63) is 0 Å². The molecule has 0 unspecified atom stereocenters. The molecule has 68 valence electrons. The van der Waals surface area contributed by atoms with Crippen LogP contribution in [0, 0.1) is 5.92 Å². The molecule has 0 heterocycles. The molecule has 0 aliphatic heterocycles. The van der Waals surface area contributed by atoms with Gasteiger partial charge in [-0.15, -0.1) is 0 Å². The number of nitrogens with one attached hydrogen (secondary N) is 1. The van der Waals surface area contributed by atoms with Crippen LogP contribution in [0.1, 0.15) is 26.7 Å². The maximum atomic E-state index is 10.3. The Balaban J connectivity index is 3.22. The summed E-state index contributed by atoms with van der Waals surface area (Å²) in [6, 6.07) is 0. The van der Waals surface area contributed by atoms with Crippen LogP contribution >= 0.6 is 7.75 Å². The highest BCUT2D eigenvalue weighted by molar-refractivity contribution is 7.49. The van der Waals surface area contributed by atoms with E-state index in [1.54, 1.807) is 0 Å². The Hall–Kier alpha value is 0.110. The van der Waals surface area contributed by atoms with Gasteiger partial charge in [0.15, 0.2) is 0 Å². The average molecular weight is 181 g/mol. The van der Waals surface area contributed by atoms with Gasteiger partial charge in [0.2, 0.25) is 0 Å². The van der Waals surface area contributed by atoms with Gasteiger partial charge in [0, 0.05) is 6.54 Å². The standard InChI is InChI=1S/C6H16NO3P/c1-6(2)4-3-5-7-11(8,9)10/h6H,3-5H2,1-2H3,(H3,7,8,9,10). The van der Waals surface area contributed by atoms with E-state index in [2.05, 4.69) is 18.9 Å². The molecule has 0 aromatic carbocycles.